The van der Waals surface area contributed by atoms with E-state index in [9.17, 15) is 4.79 Å². The molecule has 0 spiro atoms. The van der Waals surface area contributed by atoms with E-state index in [0.717, 1.165) is 51.1 Å². The van der Waals surface area contributed by atoms with Gasteiger partial charge in [-0.05, 0) is 81.8 Å². The highest BCUT2D eigenvalue weighted by atomic mass is 16.5. The number of ether oxygens (including phenoxy) is 1. The number of H-pyrrole nitrogens is 1. The highest BCUT2D eigenvalue weighted by Gasteiger charge is 2.28. The van der Waals surface area contributed by atoms with E-state index in [4.69, 9.17) is 4.74 Å². The van der Waals surface area contributed by atoms with E-state index >= 15 is 0 Å². The third-order valence-electron chi connectivity index (χ3n) is 6.43. The summed E-state index contributed by atoms with van der Waals surface area (Å²) in [6, 6.07) is 6.63. The number of hydrogen-bond acceptors (Lipinski definition) is 3. The van der Waals surface area contributed by atoms with Gasteiger partial charge in [0.2, 0.25) is 5.91 Å². The molecule has 1 aromatic carbocycles. The summed E-state index contributed by atoms with van der Waals surface area (Å²) in [5.74, 6) is 1.77. The lowest BCUT2D eigenvalue weighted by molar-refractivity contribution is -0.135. The summed E-state index contributed by atoms with van der Waals surface area (Å²) in [5.41, 5.74) is 2.56. The van der Waals surface area contributed by atoms with Crippen LogP contribution in [0.2, 0.25) is 0 Å². The number of benzene rings is 1. The van der Waals surface area contributed by atoms with E-state index in [1.807, 2.05) is 6.07 Å². The number of nitrogens with zero attached hydrogens (tertiary/aromatic N) is 2. The monoisotopic (exact) mass is 369 g/mol. The molecular formula is C22H31N3O2. The van der Waals surface area contributed by atoms with Gasteiger partial charge in [0, 0.05) is 29.7 Å². The Labute approximate surface area is 161 Å². The first-order valence-electron chi connectivity index (χ1n) is 10.3. The molecule has 1 amide bonds. The summed E-state index contributed by atoms with van der Waals surface area (Å²) in [5, 5.41) is 1.27. The number of methoxy groups -OCH3 is 1. The quantitative estimate of drug-likeness (QED) is 0.893. The molecule has 1 unspecified atom stereocenters. The van der Waals surface area contributed by atoms with Crippen molar-refractivity contribution in [1.29, 1.82) is 0 Å². The highest BCUT2D eigenvalue weighted by molar-refractivity contribution is 5.85. The van der Waals surface area contributed by atoms with Crippen LogP contribution in [0.4, 0.5) is 0 Å². The molecule has 5 nitrogen and oxygen atoms in total. The van der Waals surface area contributed by atoms with Crippen LogP contribution in [0.1, 0.15) is 50.5 Å². The zero-order valence-electron chi connectivity index (χ0n) is 16.5. The zero-order valence-corrected chi connectivity index (χ0v) is 16.5. The third-order valence-corrected chi connectivity index (χ3v) is 6.43. The van der Waals surface area contributed by atoms with Gasteiger partial charge < -0.3 is 14.6 Å². The fraction of sp³-hybridized carbons (Fsp3) is 0.591. The number of piperidine rings is 2. The minimum absolute atomic E-state index is 0.317. The second-order valence-electron chi connectivity index (χ2n) is 8.14. The number of carbonyl (C=O) groups is 1. The molecule has 0 saturated carbocycles. The van der Waals surface area contributed by atoms with E-state index in [0.29, 0.717) is 24.4 Å². The maximum absolute atomic E-state index is 12.7. The van der Waals surface area contributed by atoms with Crippen molar-refractivity contribution in [3.63, 3.8) is 0 Å². The van der Waals surface area contributed by atoms with Gasteiger partial charge in [0.05, 0.1) is 13.7 Å². The molecule has 2 aliphatic heterocycles. The van der Waals surface area contributed by atoms with E-state index in [1.165, 1.54) is 22.9 Å². The summed E-state index contributed by atoms with van der Waals surface area (Å²) < 4.78 is 5.40. The number of carbonyl (C=O) groups excluding carboxylic acids is 1. The Hall–Kier alpha value is -2.01. The van der Waals surface area contributed by atoms with Gasteiger partial charge in [-0.1, -0.05) is 0 Å². The summed E-state index contributed by atoms with van der Waals surface area (Å²) in [7, 11) is 1.71. The Bertz CT molecular complexity index is 792. The molecule has 0 bridgehead atoms. The predicted molar refractivity (Wildman–Crippen MR) is 108 cm³/mol. The van der Waals surface area contributed by atoms with Crippen LogP contribution in [0, 0.1) is 0 Å². The minimum atomic E-state index is 0.317. The molecule has 146 valence electrons. The lowest BCUT2D eigenvalue weighted by Gasteiger charge is -2.37. The topological polar surface area (TPSA) is 48.6 Å². The number of rotatable bonds is 4. The van der Waals surface area contributed by atoms with Crippen LogP contribution < -0.4 is 4.74 Å². The van der Waals surface area contributed by atoms with Crippen LogP contribution in [-0.4, -0.2) is 60.0 Å². The number of fused-ring (bicyclic) bond motifs is 1. The van der Waals surface area contributed by atoms with Crippen molar-refractivity contribution in [1.82, 2.24) is 14.8 Å². The summed E-state index contributed by atoms with van der Waals surface area (Å²) in [6.07, 6.45) is 7.93. The predicted octanol–water partition coefficient (Wildman–Crippen LogP) is 3.76. The molecule has 1 atom stereocenters. The standard InChI is InChI=1S/C22H31N3O2/c1-16-5-3-4-10-25(16)22(26)15-24-11-8-17(9-12-24)20-14-23-21-7-6-18(27-2)13-19(20)21/h6-7,13-14,16-17,23H,3-5,8-12,15H2,1-2H3. The van der Waals surface area contributed by atoms with Crippen LogP contribution in [0.25, 0.3) is 10.9 Å². The molecule has 5 heteroatoms. The van der Waals surface area contributed by atoms with E-state index in [2.05, 4.69) is 40.0 Å². The summed E-state index contributed by atoms with van der Waals surface area (Å²) >= 11 is 0. The number of aromatic nitrogens is 1. The van der Waals surface area contributed by atoms with E-state index in [-0.39, 0.29) is 0 Å². The average molecular weight is 370 g/mol. The smallest absolute Gasteiger partial charge is 0.236 e. The molecule has 0 aliphatic carbocycles. The molecule has 3 heterocycles. The van der Waals surface area contributed by atoms with Crippen molar-refractivity contribution in [2.75, 3.05) is 33.3 Å². The summed E-state index contributed by atoms with van der Waals surface area (Å²) in [4.78, 5) is 20.5. The molecule has 4 rings (SSSR count). The SMILES string of the molecule is COc1ccc2[nH]cc(C3CCN(CC(=O)N4CCCCC4C)CC3)c2c1. The molecule has 1 aromatic heterocycles. The van der Waals surface area contributed by atoms with Gasteiger partial charge in [0.1, 0.15) is 5.75 Å². The first kappa shape index (κ1) is 18.4. The first-order chi connectivity index (χ1) is 13.2. The lowest BCUT2D eigenvalue weighted by atomic mass is 9.89. The van der Waals surface area contributed by atoms with Crippen molar-refractivity contribution in [3.05, 3.63) is 30.0 Å². The van der Waals surface area contributed by atoms with Gasteiger partial charge >= 0.3 is 0 Å². The lowest BCUT2D eigenvalue weighted by Crippen LogP contribution is -2.48. The molecular weight excluding hydrogens is 338 g/mol. The Balaban J connectivity index is 1.37. The van der Waals surface area contributed by atoms with Crippen molar-refractivity contribution in [2.45, 2.75) is 51.0 Å². The normalized spacial score (nSPS) is 22.3. The second kappa shape index (κ2) is 7.93. The number of aromatic amines is 1. The zero-order chi connectivity index (χ0) is 18.8. The Morgan fingerprint density at radius 2 is 2.00 bits per heavy atom. The molecule has 2 aromatic rings. The van der Waals surface area contributed by atoms with Crippen molar-refractivity contribution in [2.24, 2.45) is 0 Å². The van der Waals surface area contributed by atoms with E-state index < -0.39 is 0 Å². The first-order valence-corrected chi connectivity index (χ1v) is 10.3. The van der Waals surface area contributed by atoms with Crippen LogP contribution >= 0.6 is 0 Å². The molecule has 27 heavy (non-hydrogen) atoms. The fourth-order valence-electron chi connectivity index (χ4n) is 4.74. The van der Waals surface area contributed by atoms with Gasteiger partial charge in [0.25, 0.3) is 0 Å². The summed E-state index contributed by atoms with van der Waals surface area (Å²) in [6.45, 7) is 5.70. The van der Waals surface area contributed by atoms with Crippen LogP contribution in [0.3, 0.4) is 0 Å². The fourth-order valence-corrected chi connectivity index (χ4v) is 4.74. The van der Waals surface area contributed by atoms with Gasteiger partial charge in [-0.2, -0.15) is 0 Å². The Morgan fingerprint density at radius 1 is 1.19 bits per heavy atom. The van der Waals surface area contributed by atoms with Crippen LogP contribution in [-0.2, 0) is 4.79 Å². The molecule has 2 fully saturated rings. The van der Waals surface area contributed by atoms with Crippen molar-refractivity contribution >= 4 is 16.8 Å². The van der Waals surface area contributed by atoms with Gasteiger partial charge in [0.15, 0.2) is 0 Å². The number of hydrogen-bond donors (Lipinski definition) is 1. The number of likely N-dealkylation sites (tertiary alicyclic amines) is 2. The second-order valence-corrected chi connectivity index (χ2v) is 8.14. The highest BCUT2D eigenvalue weighted by Crippen LogP contribution is 2.34. The Morgan fingerprint density at radius 3 is 2.74 bits per heavy atom. The van der Waals surface area contributed by atoms with Gasteiger partial charge in [-0.3, -0.25) is 9.69 Å². The molecule has 2 saturated heterocycles. The maximum atomic E-state index is 12.7. The molecule has 0 radical (unpaired) electrons. The molecule has 2 aliphatic rings. The Kier molecular flexibility index (Phi) is 5.39. The number of amides is 1. The van der Waals surface area contributed by atoms with Gasteiger partial charge in [-0.25, -0.2) is 0 Å². The third kappa shape index (κ3) is 3.84. The average Bonchev–Trinajstić information content (AvgIpc) is 3.12. The van der Waals surface area contributed by atoms with E-state index in [1.54, 1.807) is 7.11 Å². The number of nitrogens with one attached hydrogen (secondary N) is 1. The maximum Gasteiger partial charge on any atom is 0.236 e. The molecule has 1 N–H and O–H groups in total. The van der Waals surface area contributed by atoms with Crippen molar-refractivity contribution < 1.29 is 9.53 Å². The largest absolute Gasteiger partial charge is 0.497 e. The van der Waals surface area contributed by atoms with Crippen LogP contribution in [0.15, 0.2) is 24.4 Å². The van der Waals surface area contributed by atoms with Crippen molar-refractivity contribution in [3.8, 4) is 5.75 Å². The van der Waals surface area contributed by atoms with Crippen LogP contribution in [0.5, 0.6) is 5.75 Å². The minimum Gasteiger partial charge on any atom is -0.497 e. The van der Waals surface area contributed by atoms with Gasteiger partial charge in [-0.15, -0.1) is 0 Å².